The van der Waals surface area contributed by atoms with Crippen LogP contribution in [-0.4, -0.2) is 23.4 Å². The van der Waals surface area contributed by atoms with E-state index in [1.807, 2.05) is 98.8 Å². The summed E-state index contributed by atoms with van der Waals surface area (Å²) in [6, 6.07) is 30.3. The predicted octanol–water partition coefficient (Wildman–Crippen LogP) is 7.73. The van der Waals surface area contributed by atoms with Crippen LogP contribution in [0.2, 0.25) is 0 Å². The number of thioether (sulfide) groups is 1. The number of aryl methyl sites for hydroxylation is 1. The number of nitrogens with zero attached hydrogens (tertiary/aromatic N) is 1. The average molecular weight is 554 g/mol. The number of carbonyl (C=O) groups excluding carboxylic acids is 2. The van der Waals surface area contributed by atoms with E-state index in [0.717, 1.165) is 32.0 Å². The SMILES string of the molecule is CCOc1ccc2nc(NC(=O)C(Sc3cccc(NC(=O)c4ccc(C)cc4)c3)c3ccccc3)sc2c1. The molecular weight excluding hydrogens is 526 g/mol. The Balaban J connectivity index is 1.35. The Morgan fingerprint density at radius 3 is 2.49 bits per heavy atom. The summed E-state index contributed by atoms with van der Waals surface area (Å²) in [7, 11) is 0. The zero-order valence-corrected chi connectivity index (χ0v) is 23.1. The third-order valence-electron chi connectivity index (χ3n) is 5.90. The van der Waals surface area contributed by atoms with Crippen molar-refractivity contribution < 1.29 is 14.3 Å². The number of carbonyl (C=O) groups is 2. The van der Waals surface area contributed by atoms with Crippen molar-refractivity contribution in [3.05, 3.63) is 114 Å². The highest BCUT2D eigenvalue weighted by molar-refractivity contribution is 8.00. The topological polar surface area (TPSA) is 80.3 Å². The molecule has 5 rings (SSSR count). The molecular formula is C31H27N3O3S2. The lowest BCUT2D eigenvalue weighted by atomic mass is 10.1. The Morgan fingerprint density at radius 1 is 0.923 bits per heavy atom. The molecule has 0 fully saturated rings. The molecule has 0 aliphatic rings. The van der Waals surface area contributed by atoms with Gasteiger partial charge in [0.25, 0.3) is 5.91 Å². The zero-order valence-electron chi connectivity index (χ0n) is 21.5. The summed E-state index contributed by atoms with van der Waals surface area (Å²) in [6.45, 7) is 4.51. The van der Waals surface area contributed by atoms with Crippen LogP contribution in [0.25, 0.3) is 10.2 Å². The molecule has 0 saturated carbocycles. The molecule has 8 heteroatoms. The van der Waals surface area contributed by atoms with Crippen LogP contribution in [0, 0.1) is 6.92 Å². The summed E-state index contributed by atoms with van der Waals surface area (Å²) >= 11 is 2.83. The summed E-state index contributed by atoms with van der Waals surface area (Å²) in [5.74, 6) is 0.417. The van der Waals surface area contributed by atoms with Gasteiger partial charge in [-0.3, -0.25) is 9.59 Å². The Labute approximate surface area is 235 Å². The van der Waals surface area contributed by atoms with E-state index in [2.05, 4.69) is 15.6 Å². The minimum Gasteiger partial charge on any atom is -0.494 e. The number of hydrogen-bond acceptors (Lipinski definition) is 6. The Morgan fingerprint density at radius 2 is 1.72 bits per heavy atom. The maximum absolute atomic E-state index is 13.6. The zero-order chi connectivity index (χ0) is 27.2. The fraction of sp³-hybridized carbons (Fsp3) is 0.129. The van der Waals surface area contributed by atoms with E-state index in [4.69, 9.17) is 4.74 Å². The average Bonchev–Trinajstić information content (AvgIpc) is 3.34. The van der Waals surface area contributed by atoms with Gasteiger partial charge in [-0.1, -0.05) is 65.4 Å². The molecule has 2 N–H and O–H groups in total. The van der Waals surface area contributed by atoms with E-state index >= 15 is 0 Å². The summed E-state index contributed by atoms with van der Waals surface area (Å²) in [5, 5.41) is 5.97. The van der Waals surface area contributed by atoms with E-state index < -0.39 is 5.25 Å². The van der Waals surface area contributed by atoms with E-state index in [1.54, 1.807) is 12.1 Å². The second-order valence-corrected chi connectivity index (χ2v) is 11.0. The van der Waals surface area contributed by atoms with Crippen molar-refractivity contribution in [3.8, 4) is 5.75 Å². The van der Waals surface area contributed by atoms with Gasteiger partial charge < -0.3 is 15.4 Å². The van der Waals surface area contributed by atoms with Crippen molar-refractivity contribution in [1.29, 1.82) is 0 Å². The largest absolute Gasteiger partial charge is 0.494 e. The quantitative estimate of drug-likeness (QED) is 0.183. The number of anilines is 2. The highest BCUT2D eigenvalue weighted by Crippen LogP contribution is 2.38. The Kier molecular flexibility index (Phi) is 8.24. The molecule has 5 aromatic rings. The van der Waals surface area contributed by atoms with Crippen LogP contribution in [0.15, 0.2) is 102 Å². The molecule has 1 atom stereocenters. The highest BCUT2D eigenvalue weighted by atomic mass is 32.2. The lowest BCUT2D eigenvalue weighted by Crippen LogP contribution is -2.19. The molecule has 196 valence electrons. The predicted molar refractivity (Wildman–Crippen MR) is 160 cm³/mol. The van der Waals surface area contributed by atoms with Gasteiger partial charge >= 0.3 is 0 Å². The van der Waals surface area contributed by atoms with Gasteiger partial charge in [-0.2, -0.15) is 0 Å². The molecule has 0 spiro atoms. The fourth-order valence-corrected chi connectivity index (χ4v) is 5.96. The van der Waals surface area contributed by atoms with Gasteiger partial charge in [-0.05, 0) is 67.9 Å². The lowest BCUT2D eigenvalue weighted by Gasteiger charge is -2.17. The number of fused-ring (bicyclic) bond motifs is 1. The monoisotopic (exact) mass is 553 g/mol. The first-order valence-corrected chi connectivity index (χ1v) is 14.2. The first-order valence-electron chi connectivity index (χ1n) is 12.5. The Hall–Kier alpha value is -4.14. The normalized spacial score (nSPS) is 11.6. The highest BCUT2D eigenvalue weighted by Gasteiger charge is 2.23. The first-order chi connectivity index (χ1) is 19.0. The second kappa shape index (κ2) is 12.1. The number of hydrogen-bond donors (Lipinski definition) is 2. The number of benzene rings is 4. The molecule has 0 radical (unpaired) electrons. The minimum atomic E-state index is -0.528. The van der Waals surface area contributed by atoms with Crippen LogP contribution in [0.4, 0.5) is 10.8 Å². The molecule has 1 unspecified atom stereocenters. The number of thiazole rings is 1. The van der Waals surface area contributed by atoms with Gasteiger partial charge in [0.15, 0.2) is 5.13 Å². The molecule has 0 saturated heterocycles. The van der Waals surface area contributed by atoms with E-state index in [0.29, 0.717) is 23.0 Å². The maximum Gasteiger partial charge on any atom is 0.255 e. The van der Waals surface area contributed by atoms with E-state index in [1.165, 1.54) is 23.1 Å². The molecule has 0 aliphatic carbocycles. The van der Waals surface area contributed by atoms with Crippen molar-refractivity contribution in [2.75, 3.05) is 17.2 Å². The van der Waals surface area contributed by atoms with Gasteiger partial charge in [0.2, 0.25) is 5.91 Å². The number of nitrogens with one attached hydrogen (secondary N) is 2. The summed E-state index contributed by atoms with van der Waals surface area (Å²) < 4.78 is 6.53. The lowest BCUT2D eigenvalue weighted by molar-refractivity contribution is -0.115. The maximum atomic E-state index is 13.6. The van der Waals surface area contributed by atoms with Crippen LogP contribution >= 0.6 is 23.1 Å². The van der Waals surface area contributed by atoms with Gasteiger partial charge in [-0.25, -0.2) is 4.98 Å². The first kappa shape index (κ1) is 26.5. The summed E-state index contributed by atoms with van der Waals surface area (Å²) in [6.07, 6.45) is 0. The van der Waals surface area contributed by atoms with Crippen molar-refractivity contribution >= 4 is 55.9 Å². The van der Waals surface area contributed by atoms with E-state index in [9.17, 15) is 9.59 Å². The smallest absolute Gasteiger partial charge is 0.255 e. The standard InChI is InChI=1S/C31H27N3O3S2/c1-3-37-24-16-17-26-27(19-24)39-31(33-26)34-30(36)28(21-8-5-4-6-9-21)38-25-11-7-10-23(18-25)32-29(35)22-14-12-20(2)13-15-22/h4-19,28H,3H2,1-2H3,(H,32,35)(H,33,34,36). The number of rotatable bonds is 9. The van der Waals surface area contributed by atoms with Gasteiger partial charge in [0.05, 0.1) is 16.8 Å². The third kappa shape index (κ3) is 6.66. The van der Waals surface area contributed by atoms with Crippen LogP contribution in [0.1, 0.15) is 33.7 Å². The van der Waals surface area contributed by atoms with Crippen LogP contribution in [-0.2, 0) is 4.79 Å². The van der Waals surface area contributed by atoms with Crippen LogP contribution < -0.4 is 15.4 Å². The number of aromatic nitrogens is 1. The molecule has 4 aromatic carbocycles. The minimum absolute atomic E-state index is 0.176. The van der Waals surface area contributed by atoms with Crippen LogP contribution in [0.3, 0.4) is 0 Å². The molecule has 0 aliphatic heterocycles. The Bertz CT molecular complexity index is 1600. The van der Waals surface area contributed by atoms with Crippen molar-refractivity contribution in [1.82, 2.24) is 4.98 Å². The molecule has 2 amide bonds. The molecule has 0 bridgehead atoms. The molecule has 1 aromatic heterocycles. The van der Waals surface area contributed by atoms with Crippen molar-refractivity contribution in [3.63, 3.8) is 0 Å². The third-order valence-corrected chi connectivity index (χ3v) is 8.08. The second-order valence-electron chi connectivity index (χ2n) is 8.83. The summed E-state index contributed by atoms with van der Waals surface area (Å²) in [5.41, 5.74) is 4.02. The molecule has 1 heterocycles. The van der Waals surface area contributed by atoms with Gasteiger partial charge in [-0.15, -0.1) is 11.8 Å². The van der Waals surface area contributed by atoms with Crippen molar-refractivity contribution in [2.45, 2.75) is 24.0 Å². The van der Waals surface area contributed by atoms with Gasteiger partial charge in [0, 0.05) is 16.1 Å². The number of ether oxygens (including phenoxy) is 1. The fourth-order valence-electron chi connectivity index (χ4n) is 3.98. The summed E-state index contributed by atoms with van der Waals surface area (Å²) in [4.78, 5) is 31.8. The van der Waals surface area contributed by atoms with Gasteiger partial charge in [0.1, 0.15) is 11.0 Å². The van der Waals surface area contributed by atoms with Crippen molar-refractivity contribution in [2.24, 2.45) is 0 Å². The van der Waals surface area contributed by atoms with Crippen LogP contribution in [0.5, 0.6) is 5.75 Å². The molecule has 39 heavy (non-hydrogen) atoms. The van der Waals surface area contributed by atoms with E-state index in [-0.39, 0.29) is 11.8 Å². The molecule has 6 nitrogen and oxygen atoms in total. The number of amides is 2.